The first-order valence-corrected chi connectivity index (χ1v) is 6.44. The van der Waals surface area contributed by atoms with Gasteiger partial charge in [0.25, 0.3) is 0 Å². The molecule has 0 saturated carbocycles. The van der Waals surface area contributed by atoms with Crippen molar-refractivity contribution in [2.75, 3.05) is 0 Å². The van der Waals surface area contributed by atoms with Gasteiger partial charge >= 0.3 is 0 Å². The number of hydrogen-bond donors (Lipinski definition) is 3. The summed E-state index contributed by atoms with van der Waals surface area (Å²) in [5.41, 5.74) is 3.21. The Morgan fingerprint density at radius 3 is 2.16 bits per heavy atom. The van der Waals surface area contributed by atoms with E-state index in [1.807, 2.05) is 13.0 Å². The lowest BCUT2D eigenvalue weighted by Gasteiger charge is -2.16. The molecule has 0 heterocycles. The molecular weight excluding hydrogens is 240 g/mol. The second kappa shape index (κ2) is 5.22. The minimum Gasteiger partial charge on any atom is -0.508 e. The maximum absolute atomic E-state index is 10.1. The quantitative estimate of drug-likeness (QED) is 0.737. The standard InChI is InChI=1S/C16H18O3/c1-3-10-5-7-15(19)16(12(10)4-2)13-9-11(17)6-8-14(13)18/h5-9,17-19H,3-4H2,1-2H3. The molecule has 0 fully saturated rings. The smallest absolute Gasteiger partial charge is 0.123 e. The van der Waals surface area contributed by atoms with Crippen LogP contribution in [0.4, 0.5) is 0 Å². The second-order valence-corrected chi connectivity index (χ2v) is 4.51. The van der Waals surface area contributed by atoms with E-state index in [1.54, 1.807) is 6.07 Å². The minimum absolute atomic E-state index is 0.0519. The first-order valence-electron chi connectivity index (χ1n) is 6.44. The fourth-order valence-corrected chi connectivity index (χ4v) is 2.44. The third-order valence-corrected chi connectivity index (χ3v) is 3.37. The van der Waals surface area contributed by atoms with Crippen LogP contribution in [0.1, 0.15) is 25.0 Å². The van der Waals surface area contributed by atoms with Crippen LogP contribution in [-0.4, -0.2) is 15.3 Å². The maximum atomic E-state index is 10.1. The van der Waals surface area contributed by atoms with Gasteiger partial charge in [-0.05, 0) is 48.2 Å². The van der Waals surface area contributed by atoms with Gasteiger partial charge in [-0.2, -0.15) is 0 Å². The van der Waals surface area contributed by atoms with E-state index in [4.69, 9.17) is 0 Å². The van der Waals surface area contributed by atoms with E-state index in [0.29, 0.717) is 11.1 Å². The van der Waals surface area contributed by atoms with E-state index >= 15 is 0 Å². The maximum Gasteiger partial charge on any atom is 0.123 e. The number of rotatable bonds is 3. The normalized spacial score (nSPS) is 10.6. The number of benzene rings is 2. The third-order valence-electron chi connectivity index (χ3n) is 3.37. The average Bonchev–Trinajstić information content (AvgIpc) is 2.41. The van der Waals surface area contributed by atoms with E-state index in [1.165, 1.54) is 18.2 Å². The van der Waals surface area contributed by atoms with E-state index in [9.17, 15) is 15.3 Å². The van der Waals surface area contributed by atoms with Crippen LogP contribution < -0.4 is 0 Å². The molecule has 2 aromatic rings. The molecule has 100 valence electrons. The van der Waals surface area contributed by atoms with E-state index < -0.39 is 0 Å². The van der Waals surface area contributed by atoms with Crippen LogP contribution in [0.5, 0.6) is 17.2 Å². The number of phenolic OH excluding ortho intramolecular Hbond substituents is 3. The molecule has 0 bridgehead atoms. The average molecular weight is 258 g/mol. The monoisotopic (exact) mass is 258 g/mol. The fraction of sp³-hybridized carbons (Fsp3) is 0.250. The largest absolute Gasteiger partial charge is 0.508 e. The summed E-state index contributed by atoms with van der Waals surface area (Å²) in [6, 6.07) is 7.87. The van der Waals surface area contributed by atoms with Gasteiger partial charge in [0.1, 0.15) is 17.2 Å². The van der Waals surface area contributed by atoms with Gasteiger partial charge in [0.15, 0.2) is 0 Å². The Labute approximate surface area is 112 Å². The summed E-state index contributed by atoms with van der Waals surface area (Å²) in [5, 5.41) is 29.7. The number of aryl methyl sites for hydroxylation is 1. The Balaban J connectivity index is 2.76. The predicted molar refractivity (Wildman–Crippen MR) is 75.6 cm³/mol. The summed E-state index contributed by atoms with van der Waals surface area (Å²) in [5.74, 6) is 0.238. The highest BCUT2D eigenvalue weighted by Gasteiger charge is 2.16. The highest BCUT2D eigenvalue weighted by atomic mass is 16.3. The van der Waals surface area contributed by atoms with E-state index in [-0.39, 0.29) is 17.2 Å². The number of phenols is 3. The molecule has 2 aromatic carbocycles. The van der Waals surface area contributed by atoms with Crippen molar-refractivity contribution in [1.82, 2.24) is 0 Å². The van der Waals surface area contributed by atoms with Gasteiger partial charge in [-0.1, -0.05) is 19.9 Å². The minimum atomic E-state index is 0.0519. The van der Waals surface area contributed by atoms with Crippen LogP contribution >= 0.6 is 0 Å². The highest BCUT2D eigenvalue weighted by molar-refractivity contribution is 5.80. The molecule has 0 aliphatic rings. The van der Waals surface area contributed by atoms with Crippen LogP contribution in [0, 0.1) is 0 Å². The molecule has 19 heavy (non-hydrogen) atoms. The summed E-state index contributed by atoms with van der Waals surface area (Å²) in [7, 11) is 0. The third kappa shape index (κ3) is 2.36. The van der Waals surface area contributed by atoms with Crippen molar-refractivity contribution in [1.29, 1.82) is 0 Å². The topological polar surface area (TPSA) is 60.7 Å². The molecule has 3 N–H and O–H groups in total. The molecule has 0 radical (unpaired) electrons. The number of hydrogen-bond acceptors (Lipinski definition) is 3. The van der Waals surface area contributed by atoms with Crippen LogP contribution in [0.25, 0.3) is 11.1 Å². The molecule has 0 unspecified atom stereocenters. The van der Waals surface area contributed by atoms with Gasteiger partial charge < -0.3 is 15.3 Å². The van der Waals surface area contributed by atoms with Crippen molar-refractivity contribution >= 4 is 0 Å². The Morgan fingerprint density at radius 1 is 0.842 bits per heavy atom. The molecule has 0 amide bonds. The Kier molecular flexibility index (Phi) is 3.65. The van der Waals surface area contributed by atoms with Crippen molar-refractivity contribution in [2.45, 2.75) is 26.7 Å². The molecular formula is C16H18O3. The summed E-state index contributed by atoms with van der Waals surface area (Å²) >= 11 is 0. The Hall–Kier alpha value is -2.16. The van der Waals surface area contributed by atoms with Crippen molar-refractivity contribution in [2.24, 2.45) is 0 Å². The lowest BCUT2D eigenvalue weighted by atomic mass is 9.91. The zero-order valence-electron chi connectivity index (χ0n) is 11.1. The number of aromatic hydroxyl groups is 3. The second-order valence-electron chi connectivity index (χ2n) is 4.51. The molecule has 2 rings (SSSR count). The predicted octanol–water partition coefficient (Wildman–Crippen LogP) is 3.60. The summed E-state index contributed by atoms with van der Waals surface area (Å²) < 4.78 is 0. The van der Waals surface area contributed by atoms with Gasteiger partial charge in [0.2, 0.25) is 0 Å². The SMILES string of the molecule is CCc1ccc(O)c(-c2cc(O)ccc2O)c1CC. The summed E-state index contributed by atoms with van der Waals surface area (Å²) in [6.45, 7) is 4.06. The van der Waals surface area contributed by atoms with Crippen LogP contribution in [0.2, 0.25) is 0 Å². The zero-order valence-corrected chi connectivity index (χ0v) is 11.1. The van der Waals surface area contributed by atoms with Gasteiger partial charge in [-0.3, -0.25) is 0 Å². The van der Waals surface area contributed by atoms with Crippen LogP contribution in [-0.2, 0) is 12.8 Å². The fourth-order valence-electron chi connectivity index (χ4n) is 2.44. The van der Waals surface area contributed by atoms with E-state index in [0.717, 1.165) is 24.0 Å². The molecule has 3 heteroatoms. The van der Waals surface area contributed by atoms with Crippen molar-refractivity contribution in [3.8, 4) is 28.4 Å². The van der Waals surface area contributed by atoms with Gasteiger partial charge in [-0.15, -0.1) is 0 Å². The molecule has 0 aliphatic heterocycles. The van der Waals surface area contributed by atoms with Gasteiger partial charge in [-0.25, -0.2) is 0 Å². The van der Waals surface area contributed by atoms with Crippen LogP contribution in [0.3, 0.4) is 0 Å². The molecule has 0 aromatic heterocycles. The Bertz CT molecular complexity index is 603. The molecule has 0 saturated heterocycles. The molecule has 0 atom stereocenters. The van der Waals surface area contributed by atoms with Crippen LogP contribution in [0.15, 0.2) is 30.3 Å². The van der Waals surface area contributed by atoms with Crippen molar-refractivity contribution < 1.29 is 15.3 Å². The lowest BCUT2D eigenvalue weighted by molar-refractivity contribution is 0.459. The van der Waals surface area contributed by atoms with E-state index in [2.05, 4.69) is 6.92 Å². The highest BCUT2D eigenvalue weighted by Crippen LogP contribution is 2.41. The van der Waals surface area contributed by atoms with Crippen molar-refractivity contribution in [3.05, 3.63) is 41.5 Å². The van der Waals surface area contributed by atoms with Gasteiger partial charge in [0, 0.05) is 11.1 Å². The first kappa shape index (κ1) is 13.3. The van der Waals surface area contributed by atoms with Gasteiger partial charge in [0.05, 0.1) is 0 Å². The molecule has 0 spiro atoms. The zero-order chi connectivity index (χ0) is 14.0. The van der Waals surface area contributed by atoms with Crippen molar-refractivity contribution in [3.63, 3.8) is 0 Å². The summed E-state index contributed by atoms with van der Waals surface area (Å²) in [4.78, 5) is 0. The molecule has 0 aliphatic carbocycles. The lowest BCUT2D eigenvalue weighted by Crippen LogP contribution is -1.96. The summed E-state index contributed by atoms with van der Waals surface area (Å²) in [6.07, 6.45) is 1.61. The molecule has 3 nitrogen and oxygen atoms in total. The Morgan fingerprint density at radius 2 is 1.53 bits per heavy atom. The first-order chi connectivity index (χ1) is 9.08.